The van der Waals surface area contributed by atoms with Crippen molar-refractivity contribution in [3.05, 3.63) is 95.7 Å². The third kappa shape index (κ3) is 6.37. The van der Waals surface area contributed by atoms with Crippen molar-refractivity contribution in [2.24, 2.45) is 10.2 Å². The Morgan fingerprint density at radius 2 is 1.61 bits per heavy atom. The maximum atomic E-state index is 12.4. The van der Waals surface area contributed by atoms with Crippen LogP contribution in [0, 0.1) is 0 Å². The van der Waals surface area contributed by atoms with Gasteiger partial charge in [0.25, 0.3) is 5.91 Å². The summed E-state index contributed by atoms with van der Waals surface area (Å²) >= 11 is 0. The third-order valence-corrected chi connectivity index (χ3v) is 4.26. The molecule has 1 N–H and O–H groups in total. The Morgan fingerprint density at radius 3 is 2.23 bits per heavy atom. The number of hydrogen-bond acceptors (Lipinski definition) is 5. The summed E-state index contributed by atoms with van der Waals surface area (Å²) in [5, 5.41) is 10.6. The van der Waals surface area contributed by atoms with Crippen LogP contribution >= 0.6 is 0 Å². The standard InChI is InChI=1S/C24H22N4O3/c1-31-22(29)18-28-21(16-8-14-19-10-4-2-5-11-19)23(30)26-24(28)27-25-17-9-15-20-12-6-3-7-13-20/h2-17H,18H2,1H3,(H,26,27,30)/b14-8+,15-9+,21-16+,25-17-. The highest BCUT2D eigenvalue weighted by Gasteiger charge is 2.32. The van der Waals surface area contributed by atoms with E-state index in [1.807, 2.05) is 72.8 Å². The van der Waals surface area contributed by atoms with Crippen LogP contribution in [0.3, 0.4) is 0 Å². The van der Waals surface area contributed by atoms with E-state index in [0.717, 1.165) is 11.1 Å². The van der Waals surface area contributed by atoms with Gasteiger partial charge in [0.05, 0.1) is 7.11 Å². The number of nitrogens with one attached hydrogen (secondary N) is 1. The molecule has 7 heteroatoms. The van der Waals surface area contributed by atoms with Crippen LogP contribution in [0.15, 0.2) is 94.8 Å². The van der Waals surface area contributed by atoms with Crippen molar-refractivity contribution in [2.75, 3.05) is 13.7 Å². The summed E-state index contributed by atoms with van der Waals surface area (Å²) < 4.78 is 4.74. The number of esters is 1. The number of rotatable bonds is 7. The molecule has 0 atom stereocenters. The second-order valence-electron chi connectivity index (χ2n) is 6.40. The lowest BCUT2D eigenvalue weighted by atomic mass is 10.2. The smallest absolute Gasteiger partial charge is 0.325 e. The number of carbonyl (C=O) groups excluding carboxylic acids is 2. The molecule has 0 aliphatic carbocycles. The van der Waals surface area contributed by atoms with E-state index >= 15 is 0 Å². The highest BCUT2D eigenvalue weighted by atomic mass is 16.5. The predicted molar refractivity (Wildman–Crippen MR) is 122 cm³/mol. The molecule has 0 unspecified atom stereocenters. The van der Waals surface area contributed by atoms with Crippen molar-refractivity contribution in [1.82, 2.24) is 10.2 Å². The first-order valence-electron chi connectivity index (χ1n) is 9.59. The maximum absolute atomic E-state index is 12.4. The number of ether oxygens (including phenoxy) is 1. The van der Waals surface area contributed by atoms with Crippen LogP contribution in [0.25, 0.3) is 12.2 Å². The van der Waals surface area contributed by atoms with Crippen molar-refractivity contribution in [3.8, 4) is 0 Å². The number of guanidine groups is 1. The molecule has 0 radical (unpaired) electrons. The average molecular weight is 414 g/mol. The van der Waals surface area contributed by atoms with Gasteiger partial charge in [-0.2, -0.15) is 5.10 Å². The fraction of sp³-hybridized carbons (Fsp3) is 0.0833. The van der Waals surface area contributed by atoms with Crippen LogP contribution in [0.5, 0.6) is 0 Å². The lowest BCUT2D eigenvalue weighted by Crippen LogP contribution is -2.34. The average Bonchev–Trinajstić information content (AvgIpc) is 3.09. The number of amides is 1. The molecule has 2 aromatic carbocycles. The molecule has 2 aromatic rings. The van der Waals surface area contributed by atoms with Crippen LogP contribution in [-0.4, -0.2) is 42.6 Å². The molecular formula is C24H22N4O3. The fourth-order valence-electron chi connectivity index (χ4n) is 2.73. The maximum Gasteiger partial charge on any atom is 0.325 e. The molecule has 1 fully saturated rings. The first-order valence-corrected chi connectivity index (χ1v) is 9.59. The van der Waals surface area contributed by atoms with Gasteiger partial charge in [0.1, 0.15) is 12.2 Å². The Hall–Kier alpha value is -4.26. The zero-order valence-electron chi connectivity index (χ0n) is 17.0. The second kappa shape index (κ2) is 11.1. The molecule has 1 amide bonds. The highest BCUT2D eigenvalue weighted by Crippen LogP contribution is 2.14. The minimum atomic E-state index is -0.505. The lowest BCUT2D eigenvalue weighted by Gasteiger charge is -2.15. The quantitative estimate of drug-likeness (QED) is 0.326. The van der Waals surface area contributed by atoms with Crippen molar-refractivity contribution >= 4 is 36.2 Å². The molecule has 3 rings (SSSR count). The summed E-state index contributed by atoms with van der Waals surface area (Å²) in [4.78, 5) is 25.7. The van der Waals surface area contributed by atoms with E-state index in [9.17, 15) is 9.59 Å². The molecule has 1 aliphatic rings. The number of allylic oxidation sites excluding steroid dienone is 3. The Kier molecular flexibility index (Phi) is 7.65. The molecule has 0 aromatic heterocycles. The van der Waals surface area contributed by atoms with Gasteiger partial charge < -0.3 is 4.74 Å². The number of methoxy groups -OCH3 is 1. The van der Waals surface area contributed by atoms with E-state index in [1.165, 1.54) is 18.2 Å². The highest BCUT2D eigenvalue weighted by molar-refractivity contribution is 6.14. The number of carbonyl (C=O) groups is 2. The Bertz CT molecular complexity index is 1050. The Morgan fingerprint density at radius 1 is 1.00 bits per heavy atom. The van der Waals surface area contributed by atoms with Crippen LogP contribution in [-0.2, 0) is 14.3 Å². The number of benzene rings is 2. The molecule has 1 saturated heterocycles. The zero-order chi connectivity index (χ0) is 21.9. The van der Waals surface area contributed by atoms with Gasteiger partial charge in [0.2, 0.25) is 5.96 Å². The van der Waals surface area contributed by atoms with Gasteiger partial charge in [-0.25, -0.2) is 0 Å². The third-order valence-electron chi connectivity index (χ3n) is 4.26. The molecule has 0 spiro atoms. The zero-order valence-corrected chi connectivity index (χ0v) is 17.0. The van der Waals surface area contributed by atoms with Crippen molar-refractivity contribution in [1.29, 1.82) is 0 Å². The first kappa shape index (κ1) is 21.4. The molecule has 31 heavy (non-hydrogen) atoms. The van der Waals surface area contributed by atoms with Gasteiger partial charge in [0.15, 0.2) is 0 Å². The summed E-state index contributed by atoms with van der Waals surface area (Å²) in [5.41, 5.74) is 2.28. The summed E-state index contributed by atoms with van der Waals surface area (Å²) in [6.45, 7) is -0.172. The van der Waals surface area contributed by atoms with Gasteiger partial charge in [-0.1, -0.05) is 78.9 Å². The molecule has 7 nitrogen and oxygen atoms in total. The van der Waals surface area contributed by atoms with Crippen molar-refractivity contribution < 1.29 is 14.3 Å². The fourth-order valence-corrected chi connectivity index (χ4v) is 2.73. The molecule has 0 bridgehead atoms. The van der Waals surface area contributed by atoms with Crippen molar-refractivity contribution in [3.63, 3.8) is 0 Å². The van der Waals surface area contributed by atoms with E-state index in [0.29, 0.717) is 0 Å². The number of nitrogens with zero attached hydrogens (tertiary/aromatic N) is 3. The minimum absolute atomic E-state index is 0.152. The molecular weight excluding hydrogens is 392 g/mol. The van der Waals surface area contributed by atoms with Gasteiger partial charge >= 0.3 is 5.97 Å². The normalized spacial score (nSPS) is 16.8. The van der Waals surface area contributed by atoms with E-state index in [4.69, 9.17) is 4.74 Å². The van der Waals surface area contributed by atoms with E-state index in [1.54, 1.807) is 18.2 Å². The van der Waals surface area contributed by atoms with E-state index < -0.39 is 5.97 Å². The second-order valence-corrected chi connectivity index (χ2v) is 6.40. The largest absolute Gasteiger partial charge is 0.468 e. The van der Waals surface area contributed by atoms with Crippen LogP contribution in [0.1, 0.15) is 11.1 Å². The Labute approximate surface area is 180 Å². The van der Waals surface area contributed by atoms with Crippen LogP contribution < -0.4 is 5.32 Å². The molecule has 156 valence electrons. The van der Waals surface area contributed by atoms with Gasteiger partial charge in [0, 0.05) is 6.21 Å². The van der Waals surface area contributed by atoms with Crippen LogP contribution in [0.2, 0.25) is 0 Å². The summed E-state index contributed by atoms with van der Waals surface area (Å²) in [5.74, 6) is -0.732. The first-order chi connectivity index (χ1) is 15.2. The summed E-state index contributed by atoms with van der Waals surface area (Å²) in [6.07, 6.45) is 10.3. The molecule has 0 saturated carbocycles. The summed E-state index contributed by atoms with van der Waals surface area (Å²) in [7, 11) is 1.29. The summed E-state index contributed by atoms with van der Waals surface area (Å²) in [6, 6.07) is 19.4. The van der Waals surface area contributed by atoms with Gasteiger partial charge in [-0.05, 0) is 23.3 Å². The van der Waals surface area contributed by atoms with Gasteiger partial charge in [-0.3, -0.25) is 19.8 Å². The predicted octanol–water partition coefficient (Wildman–Crippen LogP) is 3.24. The molecule has 1 aliphatic heterocycles. The van der Waals surface area contributed by atoms with E-state index in [-0.39, 0.29) is 24.1 Å². The minimum Gasteiger partial charge on any atom is -0.468 e. The Balaban J connectivity index is 1.76. The van der Waals surface area contributed by atoms with E-state index in [2.05, 4.69) is 15.5 Å². The molecule has 1 heterocycles. The van der Waals surface area contributed by atoms with Crippen molar-refractivity contribution in [2.45, 2.75) is 0 Å². The lowest BCUT2D eigenvalue weighted by molar-refractivity contribution is -0.140. The SMILES string of the molecule is COC(=O)CN1/C(=C/C=C/c2ccccc2)C(=O)N\C1=N/N=C\C=C\c1ccccc1. The van der Waals surface area contributed by atoms with Gasteiger partial charge in [-0.15, -0.1) is 5.10 Å². The monoisotopic (exact) mass is 414 g/mol. The topological polar surface area (TPSA) is 83.4 Å². The van der Waals surface area contributed by atoms with Crippen LogP contribution in [0.4, 0.5) is 0 Å². The number of hydrogen-bond donors (Lipinski definition) is 1.